The lowest BCUT2D eigenvalue weighted by molar-refractivity contribution is 0.342. The SMILES string of the molecule is CN(C)c1nc(N2CCN(S(=O)(=O)N3CCCC3)CC2)ncc1F. The summed E-state index contributed by atoms with van der Waals surface area (Å²) in [5, 5.41) is 0. The average molecular weight is 358 g/mol. The van der Waals surface area contributed by atoms with Crippen LogP contribution in [0.1, 0.15) is 12.8 Å². The summed E-state index contributed by atoms with van der Waals surface area (Å²) in [5.74, 6) is 0.185. The summed E-state index contributed by atoms with van der Waals surface area (Å²) in [6.07, 6.45) is 3.01. The van der Waals surface area contributed by atoms with Crippen molar-refractivity contribution in [3.63, 3.8) is 0 Å². The fourth-order valence-electron chi connectivity index (χ4n) is 3.02. The Bertz CT molecular complexity index is 685. The molecule has 2 fully saturated rings. The van der Waals surface area contributed by atoms with Gasteiger partial charge in [0.15, 0.2) is 11.6 Å². The summed E-state index contributed by atoms with van der Waals surface area (Å²) in [5.41, 5.74) is 0. The molecule has 0 spiro atoms. The van der Waals surface area contributed by atoms with E-state index in [0.717, 1.165) is 19.0 Å². The molecule has 1 aromatic heterocycles. The smallest absolute Gasteiger partial charge is 0.282 e. The van der Waals surface area contributed by atoms with Crippen molar-refractivity contribution in [3.8, 4) is 0 Å². The zero-order valence-electron chi connectivity index (χ0n) is 14.0. The molecule has 0 amide bonds. The molecule has 3 heterocycles. The van der Waals surface area contributed by atoms with Crippen LogP contribution in [-0.2, 0) is 10.2 Å². The Morgan fingerprint density at radius 1 is 1.04 bits per heavy atom. The molecule has 134 valence electrons. The zero-order chi connectivity index (χ0) is 17.3. The van der Waals surface area contributed by atoms with E-state index in [1.165, 1.54) is 4.31 Å². The van der Waals surface area contributed by atoms with Gasteiger partial charge in [0.25, 0.3) is 10.2 Å². The van der Waals surface area contributed by atoms with E-state index in [1.807, 2.05) is 4.90 Å². The van der Waals surface area contributed by atoms with E-state index in [1.54, 1.807) is 23.3 Å². The highest BCUT2D eigenvalue weighted by Gasteiger charge is 2.34. The van der Waals surface area contributed by atoms with E-state index in [-0.39, 0.29) is 5.82 Å². The van der Waals surface area contributed by atoms with Crippen LogP contribution >= 0.6 is 0 Å². The Morgan fingerprint density at radius 3 is 2.21 bits per heavy atom. The van der Waals surface area contributed by atoms with Gasteiger partial charge in [-0.1, -0.05) is 0 Å². The number of halogens is 1. The fourth-order valence-corrected chi connectivity index (χ4v) is 4.69. The summed E-state index contributed by atoms with van der Waals surface area (Å²) in [7, 11) is 0.0713. The first-order valence-corrected chi connectivity index (χ1v) is 9.49. The van der Waals surface area contributed by atoms with Crippen LogP contribution in [0.3, 0.4) is 0 Å². The van der Waals surface area contributed by atoms with Gasteiger partial charge in [-0.05, 0) is 12.8 Å². The molecule has 0 saturated carbocycles. The lowest BCUT2D eigenvalue weighted by atomic mass is 10.4. The van der Waals surface area contributed by atoms with Gasteiger partial charge in [0, 0.05) is 53.4 Å². The van der Waals surface area contributed by atoms with Crippen LogP contribution in [0.2, 0.25) is 0 Å². The molecule has 0 N–H and O–H groups in total. The van der Waals surface area contributed by atoms with E-state index in [9.17, 15) is 12.8 Å². The molecule has 24 heavy (non-hydrogen) atoms. The largest absolute Gasteiger partial charge is 0.360 e. The number of anilines is 2. The molecule has 2 aliphatic rings. The second-order valence-electron chi connectivity index (χ2n) is 6.24. The van der Waals surface area contributed by atoms with Gasteiger partial charge in [-0.2, -0.15) is 22.0 Å². The molecule has 3 rings (SSSR count). The van der Waals surface area contributed by atoms with Crippen LogP contribution < -0.4 is 9.80 Å². The first-order valence-electron chi connectivity index (χ1n) is 8.09. The van der Waals surface area contributed by atoms with Crippen LogP contribution in [0.4, 0.5) is 16.2 Å². The van der Waals surface area contributed by atoms with Crippen molar-refractivity contribution in [2.24, 2.45) is 0 Å². The van der Waals surface area contributed by atoms with Crippen molar-refractivity contribution in [1.82, 2.24) is 18.6 Å². The fraction of sp³-hybridized carbons (Fsp3) is 0.714. The first kappa shape index (κ1) is 17.3. The van der Waals surface area contributed by atoms with Crippen molar-refractivity contribution < 1.29 is 12.8 Å². The number of aromatic nitrogens is 2. The van der Waals surface area contributed by atoms with Crippen LogP contribution in [0.15, 0.2) is 6.20 Å². The van der Waals surface area contributed by atoms with Crippen LogP contribution in [0, 0.1) is 5.82 Å². The van der Waals surface area contributed by atoms with Crippen molar-refractivity contribution in [1.29, 1.82) is 0 Å². The van der Waals surface area contributed by atoms with E-state index in [2.05, 4.69) is 9.97 Å². The van der Waals surface area contributed by atoms with Gasteiger partial charge in [-0.15, -0.1) is 0 Å². The molecular weight excluding hydrogens is 335 g/mol. The molecule has 0 bridgehead atoms. The number of rotatable bonds is 4. The van der Waals surface area contributed by atoms with E-state index in [4.69, 9.17) is 0 Å². The second-order valence-corrected chi connectivity index (χ2v) is 8.16. The minimum absolute atomic E-state index is 0.229. The maximum Gasteiger partial charge on any atom is 0.282 e. The lowest BCUT2D eigenvalue weighted by Gasteiger charge is -2.35. The Balaban J connectivity index is 1.68. The minimum atomic E-state index is -3.36. The second kappa shape index (κ2) is 6.77. The number of hydrogen-bond acceptors (Lipinski definition) is 6. The Kier molecular flexibility index (Phi) is 4.88. The average Bonchev–Trinajstić information content (AvgIpc) is 3.10. The van der Waals surface area contributed by atoms with Crippen LogP contribution in [-0.4, -0.2) is 80.4 Å². The first-order chi connectivity index (χ1) is 11.4. The van der Waals surface area contributed by atoms with E-state index in [0.29, 0.717) is 45.2 Å². The highest BCUT2D eigenvalue weighted by Crippen LogP contribution is 2.21. The molecule has 10 heteroatoms. The standard InChI is InChI=1S/C14H23FN6O2S/c1-18(2)13-12(15)11-16-14(17-13)19-7-9-21(10-8-19)24(22,23)20-5-3-4-6-20/h11H,3-10H2,1-2H3. The molecule has 0 unspecified atom stereocenters. The lowest BCUT2D eigenvalue weighted by Crippen LogP contribution is -2.53. The highest BCUT2D eigenvalue weighted by atomic mass is 32.2. The third kappa shape index (κ3) is 3.31. The molecule has 2 aliphatic heterocycles. The molecule has 0 aromatic carbocycles. The van der Waals surface area contributed by atoms with Crippen molar-refractivity contribution in [2.75, 3.05) is 63.2 Å². The van der Waals surface area contributed by atoms with Gasteiger partial charge in [-0.25, -0.2) is 9.37 Å². The van der Waals surface area contributed by atoms with Crippen LogP contribution in [0.25, 0.3) is 0 Å². The van der Waals surface area contributed by atoms with Gasteiger partial charge in [0.05, 0.1) is 6.20 Å². The predicted octanol–water partition coefficient (Wildman–Crippen LogP) is 0.144. The maximum absolute atomic E-state index is 13.7. The molecule has 0 radical (unpaired) electrons. The number of hydrogen-bond donors (Lipinski definition) is 0. The monoisotopic (exact) mass is 358 g/mol. The molecular formula is C14H23FN6O2S. The van der Waals surface area contributed by atoms with Crippen molar-refractivity contribution >= 4 is 22.0 Å². The quantitative estimate of drug-likeness (QED) is 0.763. The molecule has 0 atom stereocenters. The van der Waals surface area contributed by atoms with Gasteiger partial charge < -0.3 is 9.80 Å². The van der Waals surface area contributed by atoms with Gasteiger partial charge in [0.1, 0.15) is 0 Å². The van der Waals surface area contributed by atoms with E-state index < -0.39 is 16.0 Å². The molecule has 8 nitrogen and oxygen atoms in total. The predicted molar refractivity (Wildman–Crippen MR) is 89.8 cm³/mol. The zero-order valence-corrected chi connectivity index (χ0v) is 14.8. The van der Waals surface area contributed by atoms with Gasteiger partial charge >= 0.3 is 0 Å². The Labute approximate surface area is 142 Å². The highest BCUT2D eigenvalue weighted by molar-refractivity contribution is 7.86. The van der Waals surface area contributed by atoms with Gasteiger partial charge in [-0.3, -0.25) is 0 Å². The maximum atomic E-state index is 13.7. The summed E-state index contributed by atoms with van der Waals surface area (Å²) in [6.45, 7) is 2.97. The molecule has 0 aliphatic carbocycles. The summed E-state index contributed by atoms with van der Waals surface area (Å²) < 4.78 is 41.9. The Hall–Kier alpha value is -1.52. The van der Waals surface area contributed by atoms with Gasteiger partial charge in [0.2, 0.25) is 5.95 Å². The Morgan fingerprint density at radius 2 is 1.62 bits per heavy atom. The normalized spacial score (nSPS) is 20.5. The minimum Gasteiger partial charge on any atom is -0.360 e. The molecule has 2 saturated heterocycles. The summed E-state index contributed by atoms with van der Waals surface area (Å²) in [6, 6.07) is 0. The number of nitrogens with zero attached hydrogens (tertiary/aromatic N) is 6. The van der Waals surface area contributed by atoms with Crippen LogP contribution in [0.5, 0.6) is 0 Å². The van der Waals surface area contributed by atoms with E-state index >= 15 is 0 Å². The topological polar surface area (TPSA) is 72.9 Å². The summed E-state index contributed by atoms with van der Waals surface area (Å²) >= 11 is 0. The third-order valence-corrected chi connectivity index (χ3v) is 6.41. The molecule has 1 aromatic rings. The van der Waals surface area contributed by atoms with Crippen molar-refractivity contribution in [2.45, 2.75) is 12.8 Å². The van der Waals surface area contributed by atoms with Crippen molar-refractivity contribution in [3.05, 3.63) is 12.0 Å². The third-order valence-electron chi connectivity index (χ3n) is 4.38. The number of piperazine rings is 1. The summed E-state index contributed by atoms with van der Waals surface area (Å²) in [4.78, 5) is 11.8.